The topological polar surface area (TPSA) is 104 Å². The second kappa shape index (κ2) is 32.1. The lowest BCUT2D eigenvalue weighted by Gasteiger charge is -2.21. The highest BCUT2D eigenvalue weighted by atomic mass is 16.6. The van der Waals surface area contributed by atoms with Crippen LogP contribution in [0.25, 0.3) is 0 Å². The zero-order valence-electron chi connectivity index (χ0n) is 42.4. The number of carbonyl (C=O) groups is 5. The van der Waals surface area contributed by atoms with Crippen LogP contribution in [0.5, 0.6) is 0 Å². The summed E-state index contributed by atoms with van der Waals surface area (Å²) in [4.78, 5) is 55.0. The Morgan fingerprint density at radius 3 is 1.31 bits per heavy atom. The number of carbonyl (C=O) groups excluding carboxylic acids is 5. The predicted molar refractivity (Wildman–Crippen MR) is 259 cm³/mol. The van der Waals surface area contributed by atoms with Gasteiger partial charge in [0.15, 0.2) is 17.3 Å². The SMILES string of the molecule is C/C=C/C(=O)OC(C)(C)C.C/C=C/C=C/C(=O)OCC(C)(C)C.CC(=O)/C=C/CCC(C)(C)C.CC(C)(C)CCC(=O)/C=C/C1CC1.CC(C)(C)CCC(=O)/C=C/C1CCC1. The number of esters is 2. The van der Waals surface area contributed by atoms with E-state index in [1.54, 1.807) is 50.3 Å². The van der Waals surface area contributed by atoms with Crippen LogP contribution in [0.15, 0.2) is 72.9 Å². The van der Waals surface area contributed by atoms with Gasteiger partial charge in [0.2, 0.25) is 0 Å². The van der Waals surface area contributed by atoms with Gasteiger partial charge < -0.3 is 9.47 Å². The molecule has 0 aromatic rings. The Kier molecular flexibility index (Phi) is 32.5. The van der Waals surface area contributed by atoms with Crippen molar-refractivity contribution >= 4 is 29.3 Å². The fourth-order valence-electron chi connectivity index (χ4n) is 4.39. The molecule has 2 rings (SSSR count). The molecule has 0 spiro atoms. The van der Waals surface area contributed by atoms with Crippen molar-refractivity contribution in [2.45, 2.75) is 201 Å². The Bertz CT molecular complexity index is 1420. The highest BCUT2D eigenvalue weighted by molar-refractivity contribution is 5.90. The predicted octanol–water partition coefficient (Wildman–Crippen LogP) is 14.7. The molecule has 350 valence electrons. The molecule has 0 heterocycles. The van der Waals surface area contributed by atoms with E-state index in [4.69, 9.17) is 9.47 Å². The van der Waals surface area contributed by atoms with Gasteiger partial charge in [-0.1, -0.05) is 132 Å². The van der Waals surface area contributed by atoms with Crippen LogP contribution < -0.4 is 0 Å². The Balaban J connectivity index is -0.000000693. The number of rotatable bonds is 15. The molecule has 7 nitrogen and oxygen atoms in total. The third-order valence-electron chi connectivity index (χ3n) is 8.43. The maximum absolute atomic E-state index is 11.4. The molecule has 0 atom stereocenters. The Morgan fingerprint density at radius 1 is 0.525 bits per heavy atom. The molecule has 2 aliphatic carbocycles. The van der Waals surface area contributed by atoms with Crippen LogP contribution in [-0.4, -0.2) is 41.5 Å². The molecular weight excluding hydrogens is 761 g/mol. The molecule has 0 N–H and O–H groups in total. The van der Waals surface area contributed by atoms with Gasteiger partial charge in [-0.25, -0.2) is 9.59 Å². The molecule has 0 amide bonds. The van der Waals surface area contributed by atoms with Crippen LogP contribution in [0.3, 0.4) is 0 Å². The summed E-state index contributed by atoms with van der Waals surface area (Å²) >= 11 is 0. The van der Waals surface area contributed by atoms with E-state index in [1.807, 2.05) is 60.6 Å². The summed E-state index contributed by atoms with van der Waals surface area (Å²) in [5.74, 6) is 1.59. The van der Waals surface area contributed by atoms with Crippen LogP contribution in [0, 0.1) is 33.5 Å². The first-order valence-corrected chi connectivity index (χ1v) is 22.7. The van der Waals surface area contributed by atoms with Gasteiger partial charge in [0.25, 0.3) is 0 Å². The third kappa shape index (κ3) is 56.4. The van der Waals surface area contributed by atoms with Gasteiger partial charge in [0.05, 0.1) is 6.61 Å². The number of ketones is 3. The molecule has 61 heavy (non-hydrogen) atoms. The maximum atomic E-state index is 11.4. The van der Waals surface area contributed by atoms with E-state index in [-0.39, 0.29) is 39.6 Å². The zero-order chi connectivity index (χ0) is 47.9. The smallest absolute Gasteiger partial charge is 0.330 e. The van der Waals surface area contributed by atoms with E-state index in [0.717, 1.165) is 31.6 Å². The summed E-state index contributed by atoms with van der Waals surface area (Å²) < 4.78 is 9.95. The summed E-state index contributed by atoms with van der Waals surface area (Å²) in [5.41, 5.74) is 0.588. The highest BCUT2D eigenvalue weighted by Crippen LogP contribution is 2.30. The largest absolute Gasteiger partial charge is 0.462 e. The molecule has 0 aromatic carbocycles. The second-order valence-electron chi connectivity index (χ2n) is 22.0. The van der Waals surface area contributed by atoms with E-state index in [2.05, 4.69) is 74.5 Å². The van der Waals surface area contributed by atoms with Gasteiger partial charge in [-0.2, -0.15) is 0 Å². The molecule has 0 aromatic heterocycles. The first-order chi connectivity index (χ1) is 27.8. The highest BCUT2D eigenvalue weighted by Gasteiger charge is 2.19. The molecule has 2 saturated carbocycles. The molecule has 2 aliphatic rings. The monoisotopic (exact) mass is 853 g/mol. The summed E-state index contributed by atoms with van der Waals surface area (Å²) in [5, 5.41) is 0. The standard InChI is InChI=1S/C13H22O.C12H20O.C11H18O2.C10H18O.C8H14O2/c1-13(2,3)10-9-12(14)8-7-11-5-4-6-11;1-12(2,3)9-8-11(13)7-6-10-4-5-10;1-5-6-7-8-10(12)13-9-11(2,3)4;1-9(11)7-5-6-8-10(2,3)4;1-5-6-7(9)10-8(2,3)4/h7-8,11H,4-6,9-10H2,1-3H3;6-7,10H,4-5,8-9H2,1-3H3;5-8H,9H2,1-4H3;5,7H,6,8H2,1-4H3;5-6H,1-4H3/b8-7+;7-6+;6-5+,8-7+;7-5+;6-5+. The van der Waals surface area contributed by atoms with Crippen molar-refractivity contribution in [3.8, 4) is 0 Å². The maximum Gasteiger partial charge on any atom is 0.330 e. The molecule has 0 saturated heterocycles. The average molecular weight is 853 g/mol. The minimum atomic E-state index is -0.378. The van der Waals surface area contributed by atoms with E-state index >= 15 is 0 Å². The third-order valence-corrected chi connectivity index (χ3v) is 8.43. The number of hydrogen-bond donors (Lipinski definition) is 0. The Morgan fingerprint density at radius 2 is 0.984 bits per heavy atom. The van der Waals surface area contributed by atoms with E-state index in [9.17, 15) is 24.0 Å². The van der Waals surface area contributed by atoms with Gasteiger partial charge in [0.1, 0.15) is 5.60 Å². The van der Waals surface area contributed by atoms with Gasteiger partial charge in [-0.15, -0.1) is 0 Å². The lowest BCUT2D eigenvalue weighted by Crippen LogP contribution is -2.22. The van der Waals surface area contributed by atoms with Crippen molar-refractivity contribution in [3.05, 3.63) is 72.9 Å². The van der Waals surface area contributed by atoms with Crippen LogP contribution in [0.2, 0.25) is 0 Å². The fourth-order valence-corrected chi connectivity index (χ4v) is 4.39. The van der Waals surface area contributed by atoms with Crippen molar-refractivity contribution in [1.82, 2.24) is 0 Å². The second-order valence-corrected chi connectivity index (χ2v) is 22.0. The van der Waals surface area contributed by atoms with Gasteiger partial charge in [0, 0.05) is 25.0 Å². The van der Waals surface area contributed by atoms with Crippen LogP contribution >= 0.6 is 0 Å². The first-order valence-electron chi connectivity index (χ1n) is 22.7. The summed E-state index contributed by atoms with van der Waals surface area (Å²) in [6.45, 7) is 37.0. The Labute approximate surface area is 375 Å². The average Bonchev–Trinajstić information content (AvgIpc) is 3.90. The van der Waals surface area contributed by atoms with Crippen molar-refractivity contribution < 1.29 is 33.4 Å². The van der Waals surface area contributed by atoms with Gasteiger partial charge >= 0.3 is 11.9 Å². The van der Waals surface area contributed by atoms with Crippen molar-refractivity contribution in [1.29, 1.82) is 0 Å². The number of ether oxygens (including phenoxy) is 2. The minimum absolute atomic E-state index is 0.0318. The van der Waals surface area contributed by atoms with Crippen LogP contribution in [0.1, 0.15) is 195 Å². The van der Waals surface area contributed by atoms with Gasteiger partial charge in [-0.05, 0) is 145 Å². The molecule has 7 heteroatoms. The quantitative estimate of drug-likeness (QED) is 0.0918. The van der Waals surface area contributed by atoms with Crippen molar-refractivity contribution in [3.63, 3.8) is 0 Å². The molecule has 2 fully saturated rings. The number of hydrogen-bond acceptors (Lipinski definition) is 7. The summed E-state index contributed by atoms with van der Waals surface area (Å²) in [6.07, 6.45) is 33.1. The van der Waals surface area contributed by atoms with Crippen molar-refractivity contribution in [2.75, 3.05) is 6.61 Å². The summed E-state index contributed by atoms with van der Waals surface area (Å²) in [7, 11) is 0. The van der Waals surface area contributed by atoms with E-state index in [0.29, 0.717) is 42.3 Å². The summed E-state index contributed by atoms with van der Waals surface area (Å²) in [6, 6.07) is 0. The van der Waals surface area contributed by atoms with Crippen LogP contribution in [-0.2, 0) is 33.4 Å². The lowest BCUT2D eigenvalue weighted by molar-refractivity contribution is -0.148. The van der Waals surface area contributed by atoms with Crippen molar-refractivity contribution in [2.24, 2.45) is 33.5 Å². The lowest BCUT2D eigenvalue weighted by atomic mass is 9.84. The van der Waals surface area contributed by atoms with E-state index in [1.165, 1.54) is 44.3 Å². The molecule has 0 unspecified atom stereocenters. The fraction of sp³-hybridized carbons (Fsp3) is 0.685. The molecule has 0 aliphatic heterocycles. The molecule has 0 radical (unpaired) electrons. The Hall–Kier alpha value is -3.61. The van der Waals surface area contributed by atoms with Gasteiger partial charge in [-0.3, -0.25) is 14.4 Å². The first kappa shape index (κ1) is 61.7. The molecule has 0 bridgehead atoms. The molecular formula is C54H92O7. The minimum Gasteiger partial charge on any atom is -0.462 e. The zero-order valence-corrected chi connectivity index (χ0v) is 42.4. The van der Waals surface area contributed by atoms with Crippen LogP contribution in [0.4, 0.5) is 0 Å². The number of allylic oxidation sites excluding steroid dienone is 10. The normalized spacial score (nSPS) is 15.0. The van der Waals surface area contributed by atoms with E-state index < -0.39 is 0 Å².